The molecular formula is C32H29NO4. The first-order valence-electron chi connectivity index (χ1n) is 12.6. The van der Waals surface area contributed by atoms with Gasteiger partial charge in [-0.05, 0) is 34.2 Å². The van der Waals surface area contributed by atoms with Gasteiger partial charge in [-0.3, -0.25) is 0 Å². The van der Waals surface area contributed by atoms with Gasteiger partial charge in [0.2, 0.25) is 0 Å². The molecule has 0 unspecified atom stereocenters. The van der Waals surface area contributed by atoms with Crippen molar-refractivity contribution in [1.82, 2.24) is 4.57 Å². The summed E-state index contributed by atoms with van der Waals surface area (Å²) in [6.45, 7) is 0.0760. The smallest absolute Gasteiger partial charge is 0.163 e. The molecule has 0 aliphatic carbocycles. The van der Waals surface area contributed by atoms with Crippen LogP contribution in [0.3, 0.4) is 0 Å². The maximum absolute atomic E-state index is 11.0. The second kappa shape index (κ2) is 9.96. The lowest BCUT2D eigenvalue weighted by Gasteiger charge is -2.37. The summed E-state index contributed by atoms with van der Waals surface area (Å²) >= 11 is 0. The van der Waals surface area contributed by atoms with Gasteiger partial charge in [0.05, 0.1) is 12.1 Å². The lowest BCUT2D eigenvalue weighted by atomic mass is 9.80. The molecule has 186 valence electrons. The first kappa shape index (κ1) is 23.6. The normalized spacial score (nSPS) is 21.9. The van der Waals surface area contributed by atoms with Gasteiger partial charge in [-0.25, -0.2) is 0 Å². The van der Waals surface area contributed by atoms with Crippen LogP contribution in [0.25, 0.3) is 10.9 Å². The van der Waals surface area contributed by atoms with Gasteiger partial charge in [0.1, 0.15) is 23.9 Å². The van der Waals surface area contributed by atoms with Gasteiger partial charge in [-0.15, -0.1) is 0 Å². The molecule has 0 saturated carbocycles. The van der Waals surface area contributed by atoms with E-state index >= 15 is 0 Å². The fourth-order valence-corrected chi connectivity index (χ4v) is 5.40. The molecule has 2 heterocycles. The van der Waals surface area contributed by atoms with E-state index in [1.54, 1.807) is 0 Å². The minimum absolute atomic E-state index is 0.0760. The van der Waals surface area contributed by atoms with E-state index < -0.39 is 30.1 Å². The molecule has 1 aliphatic heterocycles. The molecule has 5 nitrogen and oxygen atoms in total. The molecule has 0 radical (unpaired) electrons. The molecule has 1 aromatic heterocycles. The number of aromatic nitrogens is 1. The molecule has 2 N–H and O–H groups in total. The number of benzene rings is 4. The minimum Gasteiger partial charge on any atom is -0.387 e. The number of para-hydroxylation sites is 1. The Labute approximate surface area is 216 Å². The molecule has 6 rings (SSSR count). The maximum atomic E-state index is 11.0. The Kier molecular flexibility index (Phi) is 6.37. The number of ether oxygens (including phenoxy) is 2. The Hall–Kier alpha value is -3.74. The van der Waals surface area contributed by atoms with Crippen LogP contribution in [0.2, 0.25) is 0 Å². The lowest BCUT2D eigenvalue weighted by Crippen LogP contribution is -2.39. The minimum atomic E-state index is -1.11. The molecule has 1 aliphatic rings. The molecule has 0 bridgehead atoms. The Morgan fingerprint density at radius 2 is 1.16 bits per heavy atom. The molecule has 1 saturated heterocycles. The summed E-state index contributed by atoms with van der Waals surface area (Å²) < 4.78 is 15.0. The van der Waals surface area contributed by atoms with Crippen LogP contribution in [0.5, 0.6) is 0 Å². The Balaban J connectivity index is 1.36. The van der Waals surface area contributed by atoms with Crippen molar-refractivity contribution in [2.75, 3.05) is 6.61 Å². The number of hydrogen-bond donors (Lipinski definition) is 2. The van der Waals surface area contributed by atoms with E-state index in [0.717, 1.165) is 27.6 Å². The first-order valence-corrected chi connectivity index (χ1v) is 12.6. The highest BCUT2D eigenvalue weighted by Gasteiger charge is 2.46. The van der Waals surface area contributed by atoms with Gasteiger partial charge in [0, 0.05) is 6.20 Å². The zero-order chi connectivity index (χ0) is 25.2. The Morgan fingerprint density at radius 1 is 0.649 bits per heavy atom. The van der Waals surface area contributed by atoms with Crippen molar-refractivity contribution >= 4 is 10.9 Å². The van der Waals surface area contributed by atoms with Crippen LogP contribution in [0.1, 0.15) is 22.9 Å². The lowest BCUT2D eigenvalue weighted by molar-refractivity contribution is -0.0940. The second-order valence-electron chi connectivity index (χ2n) is 9.42. The monoisotopic (exact) mass is 491 g/mol. The molecular weight excluding hydrogens is 462 g/mol. The van der Waals surface area contributed by atoms with Crippen molar-refractivity contribution in [1.29, 1.82) is 0 Å². The first-order chi connectivity index (χ1) is 18.2. The number of rotatable bonds is 7. The van der Waals surface area contributed by atoms with Crippen LogP contribution in [-0.4, -0.2) is 39.7 Å². The zero-order valence-electron chi connectivity index (χ0n) is 20.3. The highest BCUT2D eigenvalue weighted by Crippen LogP contribution is 2.42. The van der Waals surface area contributed by atoms with Crippen LogP contribution in [0, 0.1) is 0 Å². The van der Waals surface area contributed by atoms with Crippen LogP contribution < -0.4 is 0 Å². The average Bonchev–Trinajstić information content (AvgIpc) is 3.51. The van der Waals surface area contributed by atoms with Crippen molar-refractivity contribution in [3.8, 4) is 0 Å². The standard InChI is InChI=1S/C32H29NO4/c34-29-28(37-31(30(29)35)33-21-20-23-12-10-11-19-27(23)33)22-36-32(24-13-4-1-5-14-24,25-15-6-2-7-16-25)26-17-8-3-9-18-26/h1-21,28-31,34-35H,22H2/t28-,29-,30-,31+/m1/s1. The topological polar surface area (TPSA) is 63.9 Å². The van der Waals surface area contributed by atoms with E-state index in [1.807, 2.05) is 95.7 Å². The van der Waals surface area contributed by atoms with Crippen molar-refractivity contribution < 1.29 is 19.7 Å². The van der Waals surface area contributed by atoms with E-state index in [4.69, 9.17) is 9.47 Å². The summed E-state index contributed by atoms with van der Waals surface area (Å²) in [5.41, 5.74) is 2.90. The summed E-state index contributed by atoms with van der Waals surface area (Å²) in [6, 6.07) is 40.1. The second-order valence-corrected chi connectivity index (χ2v) is 9.42. The summed E-state index contributed by atoms with van der Waals surface area (Å²) in [6.07, 6.45) is -1.76. The highest BCUT2D eigenvalue weighted by atomic mass is 16.6. The molecule has 1 fully saturated rings. The third-order valence-corrected chi connectivity index (χ3v) is 7.25. The van der Waals surface area contributed by atoms with Crippen molar-refractivity contribution in [2.24, 2.45) is 0 Å². The molecule has 0 amide bonds. The number of aliphatic hydroxyl groups is 2. The Bertz CT molecular complexity index is 1360. The van der Waals surface area contributed by atoms with Crippen LogP contribution in [-0.2, 0) is 15.1 Å². The number of aliphatic hydroxyl groups excluding tert-OH is 2. The van der Waals surface area contributed by atoms with Gasteiger partial charge >= 0.3 is 0 Å². The van der Waals surface area contributed by atoms with Gasteiger partial charge in [-0.2, -0.15) is 0 Å². The highest BCUT2D eigenvalue weighted by molar-refractivity contribution is 5.80. The fourth-order valence-electron chi connectivity index (χ4n) is 5.40. The number of fused-ring (bicyclic) bond motifs is 1. The van der Waals surface area contributed by atoms with Crippen LogP contribution >= 0.6 is 0 Å². The molecule has 37 heavy (non-hydrogen) atoms. The van der Waals surface area contributed by atoms with Crippen molar-refractivity contribution in [3.63, 3.8) is 0 Å². The van der Waals surface area contributed by atoms with E-state index in [9.17, 15) is 10.2 Å². The molecule has 4 atom stereocenters. The largest absolute Gasteiger partial charge is 0.387 e. The van der Waals surface area contributed by atoms with E-state index in [1.165, 1.54) is 0 Å². The summed E-state index contributed by atoms with van der Waals surface area (Å²) in [4.78, 5) is 0. The number of hydrogen-bond acceptors (Lipinski definition) is 4. The molecule has 0 spiro atoms. The zero-order valence-corrected chi connectivity index (χ0v) is 20.3. The van der Waals surface area contributed by atoms with Crippen LogP contribution in [0.4, 0.5) is 0 Å². The average molecular weight is 492 g/mol. The predicted octanol–water partition coefficient (Wildman–Crippen LogP) is 5.27. The van der Waals surface area contributed by atoms with E-state index in [0.29, 0.717) is 0 Å². The third-order valence-electron chi connectivity index (χ3n) is 7.25. The van der Waals surface area contributed by atoms with E-state index in [-0.39, 0.29) is 6.61 Å². The fraction of sp³-hybridized carbons (Fsp3) is 0.188. The third kappa shape index (κ3) is 4.16. The molecule has 4 aromatic carbocycles. The summed E-state index contributed by atoms with van der Waals surface area (Å²) in [7, 11) is 0. The summed E-state index contributed by atoms with van der Waals surface area (Å²) in [5.74, 6) is 0. The van der Waals surface area contributed by atoms with E-state index in [2.05, 4.69) is 36.4 Å². The SMILES string of the molecule is O[C@@H]1[C@H](O)[C@@H](COC(c2ccccc2)(c2ccccc2)c2ccccc2)O[C@@H]1n1ccc2ccccc21. The van der Waals surface area contributed by atoms with Gasteiger partial charge < -0.3 is 24.3 Å². The van der Waals surface area contributed by atoms with Crippen LogP contribution in [0.15, 0.2) is 128 Å². The van der Waals surface area contributed by atoms with Crippen molar-refractivity contribution in [3.05, 3.63) is 144 Å². The maximum Gasteiger partial charge on any atom is 0.163 e. The molecule has 5 heteroatoms. The predicted molar refractivity (Wildman–Crippen MR) is 143 cm³/mol. The summed E-state index contributed by atoms with van der Waals surface area (Å²) in [5, 5.41) is 23.1. The molecule has 5 aromatic rings. The quantitative estimate of drug-likeness (QED) is 0.305. The number of nitrogens with zero attached hydrogens (tertiary/aromatic N) is 1. The van der Waals surface area contributed by atoms with Crippen molar-refractivity contribution in [2.45, 2.75) is 30.1 Å². The van der Waals surface area contributed by atoms with Gasteiger partial charge in [-0.1, -0.05) is 109 Å². The Morgan fingerprint density at radius 3 is 1.73 bits per heavy atom. The van der Waals surface area contributed by atoms with Gasteiger partial charge in [0.15, 0.2) is 6.23 Å². The van der Waals surface area contributed by atoms with Gasteiger partial charge in [0.25, 0.3) is 0 Å².